The van der Waals surface area contributed by atoms with Gasteiger partial charge >= 0.3 is 7.12 Å². The molecule has 1 aliphatic heterocycles. The van der Waals surface area contributed by atoms with Crippen LogP contribution in [0.3, 0.4) is 0 Å². The van der Waals surface area contributed by atoms with E-state index in [0.29, 0.717) is 11.6 Å². The second-order valence-electron chi connectivity index (χ2n) is 6.53. The number of nitriles is 1. The van der Waals surface area contributed by atoms with Crippen molar-refractivity contribution in [3.05, 3.63) is 23.4 Å². The molecule has 0 radical (unpaired) electrons. The smallest absolute Gasteiger partial charge is 0.398 e. The van der Waals surface area contributed by atoms with Crippen LogP contribution in [0.2, 0.25) is 0 Å². The van der Waals surface area contributed by atoms with E-state index >= 15 is 0 Å². The third kappa shape index (κ3) is 2.46. The zero-order chi connectivity index (χ0) is 15.1. The number of hydrogen-bond acceptors (Lipinski definition) is 4. The average molecular weight is 272 g/mol. The quantitative estimate of drug-likeness (QED) is 0.775. The minimum atomic E-state index is -0.523. The Morgan fingerprint density at radius 1 is 1.15 bits per heavy atom. The lowest BCUT2D eigenvalue weighted by Crippen LogP contribution is -2.41. The summed E-state index contributed by atoms with van der Waals surface area (Å²) in [6.07, 6.45) is 0. The fraction of sp³-hybridized carbons (Fsp3) is 0.600. The van der Waals surface area contributed by atoms with Crippen LogP contribution in [0.5, 0.6) is 0 Å². The molecule has 4 nitrogen and oxygen atoms in total. The number of rotatable bonds is 2. The summed E-state index contributed by atoms with van der Waals surface area (Å²) < 4.78 is 12.1. The van der Waals surface area contributed by atoms with Gasteiger partial charge in [-0.1, -0.05) is 19.9 Å². The highest BCUT2D eigenvalue weighted by atomic mass is 16.7. The Bertz CT molecular complexity index is 545. The second kappa shape index (κ2) is 4.87. The topological polar surface area (TPSA) is 55.1 Å². The van der Waals surface area contributed by atoms with Crippen LogP contribution in [-0.2, 0) is 9.31 Å². The SMILES string of the molecule is CC(C)c1ccc(C#N)nc1B1OC(C)(C)C(C)(C)O1. The highest BCUT2D eigenvalue weighted by molar-refractivity contribution is 6.61. The molecule has 0 unspecified atom stereocenters. The summed E-state index contributed by atoms with van der Waals surface area (Å²) in [4.78, 5) is 4.41. The molecule has 106 valence electrons. The van der Waals surface area contributed by atoms with Crippen LogP contribution in [0, 0.1) is 11.3 Å². The van der Waals surface area contributed by atoms with E-state index in [-0.39, 0.29) is 0 Å². The molecule has 0 saturated carbocycles. The summed E-state index contributed by atoms with van der Waals surface area (Å²) in [7, 11) is -0.523. The van der Waals surface area contributed by atoms with Gasteiger partial charge in [0.15, 0.2) is 0 Å². The largest absolute Gasteiger partial charge is 0.514 e. The van der Waals surface area contributed by atoms with Gasteiger partial charge in [0.2, 0.25) is 0 Å². The van der Waals surface area contributed by atoms with Crippen LogP contribution >= 0.6 is 0 Å². The first-order valence-electron chi connectivity index (χ1n) is 6.94. The van der Waals surface area contributed by atoms with Crippen LogP contribution in [0.4, 0.5) is 0 Å². The molecule has 0 aromatic carbocycles. The van der Waals surface area contributed by atoms with Crippen molar-refractivity contribution in [1.29, 1.82) is 5.26 Å². The molecular formula is C15H21BN2O2. The normalized spacial score (nSPS) is 20.2. The molecule has 0 N–H and O–H groups in total. The summed E-state index contributed by atoms with van der Waals surface area (Å²) in [5.41, 5.74) is 1.35. The van der Waals surface area contributed by atoms with Crippen molar-refractivity contribution in [3.63, 3.8) is 0 Å². The van der Waals surface area contributed by atoms with Gasteiger partial charge < -0.3 is 9.31 Å². The standard InChI is InChI=1S/C15H21BN2O2/c1-10(2)12-8-7-11(9-17)18-13(12)16-19-14(3,4)15(5,6)20-16/h7-8,10H,1-6H3. The van der Waals surface area contributed by atoms with Gasteiger partial charge in [-0.05, 0) is 45.2 Å². The number of hydrogen-bond donors (Lipinski definition) is 0. The number of pyridine rings is 1. The Labute approximate surface area is 121 Å². The van der Waals surface area contributed by atoms with E-state index in [1.807, 2.05) is 33.8 Å². The van der Waals surface area contributed by atoms with E-state index in [2.05, 4.69) is 24.9 Å². The van der Waals surface area contributed by atoms with Gasteiger partial charge in [0.25, 0.3) is 0 Å². The summed E-state index contributed by atoms with van der Waals surface area (Å²) in [5, 5.41) is 9.05. The molecule has 1 aliphatic rings. The third-order valence-electron chi connectivity index (χ3n) is 4.17. The van der Waals surface area contributed by atoms with Crippen molar-refractivity contribution in [2.45, 2.75) is 58.7 Å². The summed E-state index contributed by atoms with van der Waals surface area (Å²) in [6, 6.07) is 5.76. The van der Waals surface area contributed by atoms with Gasteiger partial charge in [-0.2, -0.15) is 5.26 Å². The number of aromatic nitrogens is 1. The Morgan fingerprint density at radius 3 is 2.15 bits per heavy atom. The van der Waals surface area contributed by atoms with E-state index in [4.69, 9.17) is 14.6 Å². The van der Waals surface area contributed by atoms with Gasteiger partial charge in [0.1, 0.15) is 11.8 Å². The van der Waals surface area contributed by atoms with Crippen molar-refractivity contribution in [1.82, 2.24) is 4.98 Å². The van der Waals surface area contributed by atoms with Gasteiger partial charge in [-0.15, -0.1) is 0 Å². The summed E-state index contributed by atoms with van der Waals surface area (Å²) >= 11 is 0. The zero-order valence-corrected chi connectivity index (χ0v) is 13.0. The van der Waals surface area contributed by atoms with Crippen molar-refractivity contribution in [2.24, 2.45) is 0 Å². The fourth-order valence-electron chi connectivity index (χ4n) is 2.18. The first-order valence-corrected chi connectivity index (χ1v) is 6.94. The summed E-state index contributed by atoms with van der Waals surface area (Å²) in [6.45, 7) is 12.2. The number of nitrogens with zero attached hydrogens (tertiary/aromatic N) is 2. The third-order valence-corrected chi connectivity index (χ3v) is 4.17. The van der Waals surface area contributed by atoms with Crippen LogP contribution in [0.25, 0.3) is 0 Å². The van der Waals surface area contributed by atoms with E-state index in [1.165, 1.54) is 0 Å². The molecule has 2 heterocycles. The predicted octanol–water partition coefficient (Wildman–Crippen LogP) is 2.38. The monoisotopic (exact) mass is 272 g/mol. The predicted molar refractivity (Wildman–Crippen MR) is 78.8 cm³/mol. The average Bonchev–Trinajstić information content (AvgIpc) is 2.57. The van der Waals surface area contributed by atoms with E-state index in [9.17, 15) is 0 Å². The maximum atomic E-state index is 9.05. The van der Waals surface area contributed by atoms with Crippen molar-refractivity contribution >= 4 is 12.7 Å². The van der Waals surface area contributed by atoms with Crippen LogP contribution in [0.15, 0.2) is 12.1 Å². The molecule has 0 aliphatic carbocycles. The highest BCUT2D eigenvalue weighted by Crippen LogP contribution is 2.36. The summed E-state index contributed by atoms with van der Waals surface area (Å²) in [5.74, 6) is 0.296. The molecule has 0 bridgehead atoms. The fourth-order valence-corrected chi connectivity index (χ4v) is 2.18. The molecule has 5 heteroatoms. The van der Waals surface area contributed by atoms with Crippen LogP contribution in [0.1, 0.15) is 58.7 Å². The van der Waals surface area contributed by atoms with Gasteiger partial charge in [0.05, 0.1) is 16.8 Å². The van der Waals surface area contributed by atoms with Gasteiger partial charge in [-0.25, -0.2) is 4.98 Å². The lowest BCUT2D eigenvalue weighted by Gasteiger charge is -2.32. The Balaban J connectivity index is 2.46. The van der Waals surface area contributed by atoms with Crippen LogP contribution in [-0.4, -0.2) is 23.3 Å². The lowest BCUT2D eigenvalue weighted by atomic mass is 9.78. The first-order chi connectivity index (χ1) is 9.18. The molecule has 2 rings (SSSR count). The molecule has 1 aromatic rings. The van der Waals surface area contributed by atoms with Gasteiger partial charge in [0, 0.05) is 0 Å². The molecule has 20 heavy (non-hydrogen) atoms. The Hall–Kier alpha value is -1.38. The molecule has 0 spiro atoms. The van der Waals surface area contributed by atoms with Crippen molar-refractivity contribution in [3.8, 4) is 6.07 Å². The minimum absolute atomic E-state index is 0.296. The maximum absolute atomic E-state index is 9.05. The second-order valence-corrected chi connectivity index (χ2v) is 6.53. The minimum Gasteiger partial charge on any atom is -0.398 e. The molecular weight excluding hydrogens is 251 g/mol. The maximum Gasteiger partial charge on any atom is 0.514 e. The van der Waals surface area contributed by atoms with Gasteiger partial charge in [-0.3, -0.25) is 0 Å². The molecule has 1 fully saturated rings. The zero-order valence-electron chi connectivity index (χ0n) is 13.0. The lowest BCUT2D eigenvalue weighted by molar-refractivity contribution is 0.00578. The molecule has 0 atom stereocenters. The Kier molecular flexibility index (Phi) is 3.66. The molecule has 1 aromatic heterocycles. The Morgan fingerprint density at radius 2 is 1.70 bits per heavy atom. The molecule has 0 amide bonds. The van der Waals surface area contributed by atoms with E-state index in [1.54, 1.807) is 6.07 Å². The van der Waals surface area contributed by atoms with Crippen molar-refractivity contribution < 1.29 is 9.31 Å². The van der Waals surface area contributed by atoms with E-state index < -0.39 is 18.3 Å². The van der Waals surface area contributed by atoms with E-state index in [0.717, 1.165) is 11.2 Å². The molecule has 1 saturated heterocycles. The highest BCUT2D eigenvalue weighted by Gasteiger charge is 2.53. The first kappa shape index (κ1) is 15.0. The van der Waals surface area contributed by atoms with Crippen molar-refractivity contribution in [2.75, 3.05) is 0 Å². The van der Waals surface area contributed by atoms with Crippen LogP contribution < -0.4 is 5.59 Å².